The van der Waals surface area contributed by atoms with Gasteiger partial charge < -0.3 is 92.6 Å². The van der Waals surface area contributed by atoms with Crippen LogP contribution in [-0.4, -0.2) is 329 Å². The molecule has 12 heterocycles. The molecule has 0 bridgehead atoms. The number of aromatic nitrogens is 6. The minimum absolute atomic E-state index is 0.0336. The second-order valence-electron chi connectivity index (χ2n) is 36.3. The molecule has 9 aliphatic rings. The highest BCUT2D eigenvalue weighted by Gasteiger charge is 2.41. The molecule has 30 nitrogen and oxygen atoms in total. The van der Waals surface area contributed by atoms with Crippen molar-refractivity contribution in [1.29, 1.82) is 0 Å². The Labute approximate surface area is 766 Å². The summed E-state index contributed by atoms with van der Waals surface area (Å²) >= 11 is 0. The molecule has 9 aliphatic heterocycles. The minimum Gasteiger partial charge on any atom is -0.462 e. The number of carbonyl (C=O) groups is 4. The van der Waals surface area contributed by atoms with E-state index in [1.165, 1.54) is 73.9 Å². The minimum atomic E-state index is -0.260. The number of hydrogen-bond acceptors (Lipinski definition) is 23. The fourth-order valence-electron chi connectivity index (χ4n) is 19.9. The van der Waals surface area contributed by atoms with Crippen molar-refractivity contribution in [3.63, 3.8) is 0 Å². The molecule has 5 aromatic carbocycles. The fraction of sp³-hybridized carbons (Fsp3) is 0.490. The molecule has 0 unspecified atom stereocenters. The van der Waals surface area contributed by atoms with E-state index < -0.39 is 0 Å². The van der Waals surface area contributed by atoms with Crippen molar-refractivity contribution in [3.8, 4) is 12.0 Å². The Morgan fingerprint density at radius 3 is 1.40 bits per heavy atom. The highest BCUT2D eigenvalue weighted by Crippen LogP contribution is 2.40. The van der Waals surface area contributed by atoms with Gasteiger partial charge in [0.25, 0.3) is 0 Å². The highest BCUT2D eigenvalue weighted by molar-refractivity contribution is 5.96. The Morgan fingerprint density at radius 2 is 0.923 bits per heavy atom. The topological polar surface area (TPSA) is 226 Å². The summed E-state index contributed by atoms with van der Waals surface area (Å²) in [6.07, 6.45) is 14.0. The molecule has 30 heteroatoms. The molecule has 130 heavy (non-hydrogen) atoms. The smallest absolute Gasteiger partial charge is 0.318 e. The molecule has 6 atom stereocenters. The second kappa shape index (κ2) is 42.4. The lowest BCUT2D eigenvalue weighted by Gasteiger charge is -2.41. The monoisotopic (exact) mass is 1760 g/mol. The molecule has 3 aromatic heterocycles. The van der Waals surface area contributed by atoms with Crippen molar-refractivity contribution < 1.29 is 28.7 Å². The van der Waals surface area contributed by atoms with E-state index >= 15 is 0 Å². The van der Waals surface area contributed by atoms with E-state index in [0.717, 1.165) is 149 Å². The van der Waals surface area contributed by atoms with Crippen molar-refractivity contribution in [1.82, 2.24) is 69.1 Å². The highest BCUT2D eigenvalue weighted by atomic mass is 16.5. The van der Waals surface area contributed by atoms with Gasteiger partial charge in [0.05, 0.1) is 43.3 Å². The molecule has 0 N–H and O–H groups in total. The van der Waals surface area contributed by atoms with E-state index in [4.69, 9.17) is 59.1 Å². The second-order valence-corrected chi connectivity index (χ2v) is 36.3. The van der Waals surface area contributed by atoms with Crippen LogP contribution in [-0.2, 0) is 58.1 Å². The molecule has 8 aromatic rings. The van der Waals surface area contributed by atoms with E-state index in [1.54, 1.807) is 34.9 Å². The van der Waals surface area contributed by atoms with Gasteiger partial charge >= 0.3 is 12.0 Å². The van der Waals surface area contributed by atoms with Crippen molar-refractivity contribution in [2.75, 3.05) is 234 Å². The first kappa shape index (κ1) is 92.2. The van der Waals surface area contributed by atoms with Gasteiger partial charge in [-0.15, -0.1) is 0 Å². The van der Waals surface area contributed by atoms with E-state index in [-0.39, 0.29) is 67.4 Å². The maximum absolute atomic E-state index is 13.1. The van der Waals surface area contributed by atoms with Gasteiger partial charge in [-0.2, -0.15) is 24.9 Å². The van der Waals surface area contributed by atoms with Crippen LogP contribution in [0.25, 0.3) is 36.1 Å². The van der Waals surface area contributed by atoms with Crippen LogP contribution in [0.15, 0.2) is 141 Å². The summed E-state index contributed by atoms with van der Waals surface area (Å²) in [5.74, 6) is 3.26. The number of nitrogens with zero attached hydrogens (tertiary/aromatic N) is 24. The molecule has 6 fully saturated rings. The number of carbonyl (C=O) groups excluding carboxylic acids is 4. The molecule has 6 saturated heterocycles. The maximum Gasteiger partial charge on any atom is 0.318 e. The number of anilines is 7. The largest absolute Gasteiger partial charge is 0.462 e. The van der Waals surface area contributed by atoms with Crippen LogP contribution in [0.2, 0.25) is 0 Å². The van der Waals surface area contributed by atoms with E-state index in [0.29, 0.717) is 122 Å². The van der Waals surface area contributed by atoms with Crippen molar-refractivity contribution in [2.24, 2.45) is 0 Å². The molecule has 682 valence electrons. The summed E-state index contributed by atoms with van der Waals surface area (Å²) in [5, 5.41) is 4.90. The van der Waals surface area contributed by atoms with Gasteiger partial charge in [-0.25, -0.2) is 24.7 Å². The number of aryl methyl sites for hydroxylation is 1. The standard InChI is InChI=1S/C35H42N8O3.C33H46N8O2.C32H38N8O/c1-5-32(44)43-19-18-42(21-27(43)20-36-2)34-29-15-17-41(31-14-8-11-25-10-6-7-13-28(25)31)22-30(29)37-35(38-34)46-24-26-12-9-16-40(26)23-33(45)39(3)4;1-24-10-7-12-30(25(24)2)39-17-14-28-29(22-39)35-33(43-23-26-11-8-16-38(26)6)36-32(28)40-18-19-41(27(21-40)20-34-3)31(42)13-9-15-37(4)5;1-5-30(41)40-18-17-38(21-25(40)19-33-2)31-27-14-16-37(29-12-8-10-23-9-6-7-11-26(23)29)22-28(27)34-32(35-31)39-15-13-24(20-39)36(3)4/h5-8,10-11,13-14,26-27H,1,9,12,15-24H2,3-4H3;7,9-10,12-13,26-27H,8,11,14-23H2,1-2,4-6H3;5-12,24-25H,1,13-22H2,3-4H3/b;13-9+;/t2*26-,27-;24-,25-/m000/s1. The van der Waals surface area contributed by atoms with Crippen LogP contribution in [0.1, 0.15) is 77.0 Å². The lowest BCUT2D eigenvalue weighted by molar-refractivity contribution is -0.130. The SMILES string of the molecule is [C-]#[N+]C[C@H]1CN(c2nc(N3CC[C@H](N(C)C)C3)nc3c2CCN(c2cccc4ccccc24)C3)CCN1C(=O)C=C.[C-]#[N+]C[C@H]1CN(c2nc(OC[C@@H]3CCCN3C)nc3c2CCN(c2cccc(C)c2C)C3)CCN1C(=O)/C=C/CN(C)C.[C-]#[N+]C[C@H]1CN(c2nc(OC[C@@H]3CCCN3CC(=O)N(C)C)nc3c2CCN(c2cccc4ccccc24)C3)CCN1C(=O)C=C. The number of hydrogen-bond donors (Lipinski definition) is 0. The molecule has 0 spiro atoms. The van der Waals surface area contributed by atoms with E-state index in [9.17, 15) is 19.2 Å². The number of fused-ring (bicyclic) bond motifs is 5. The van der Waals surface area contributed by atoms with Crippen LogP contribution >= 0.6 is 0 Å². The molecule has 0 saturated carbocycles. The maximum atomic E-state index is 13.1. The number of likely N-dealkylation sites (N-methyl/N-ethyl adjacent to an activating group) is 4. The molecule has 17 rings (SSSR count). The lowest BCUT2D eigenvalue weighted by Crippen LogP contribution is -2.56. The van der Waals surface area contributed by atoms with Gasteiger partial charge in [0.2, 0.25) is 49.2 Å². The van der Waals surface area contributed by atoms with Crippen molar-refractivity contribution in [2.45, 2.75) is 121 Å². The predicted octanol–water partition coefficient (Wildman–Crippen LogP) is 9.89. The predicted molar refractivity (Wildman–Crippen MR) is 514 cm³/mol. The van der Waals surface area contributed by atoms with Crippen LogP contribution in [0.5, 0.6) is 12.0 Å². The normalized spacial score (nSPS) is 20.6. The summed E-state index contributed by atoms with van der Waals surface area (Å²) in [6.45, 7) is 50.6. The number of likely N-dealkylation sites (tertiary alicyclic amines) is 2. The number of rotatable bonds is 24. The van der Waals surface area contributed by atoms with Crippen molar-refractivity contribution >= 4 is 85.6 Å². The first-order chi connectivity index (χ1) is 63.1. The van der Waals surface area contributed by atoms with Gasteiger partial charge in [-0.05, 0) is 166 Å². The van der Waals surface area contributed by atoms with Gasteiger partial charge in [-0.3, -0.25) is 24.1 Å². The average Bonchev–Trinajstić information content (AvgIpc) is 1.46. The number of benzene rings is 5. The fourth-order valence-corrected chi connectivity index (χ4v) is 19.9. The van der Waals surface area contributed by atoms with Gasteiger partial charge in [0.15, 0.2) is 0 Å². The summed E-state index contributed by atoms with van der Waals surface area (Å²) in [7, 11) is 13.9. The number of amides is 4. The zero-order valence-corrected chi connectivity index (χ0v) is 77.2. The number of ether oxygens (including phenoxy) is 2. The van der Waals surface area contributed by atoms with Gasteiger partial charge in [0, 0.05) is 181 Å². The third-order valence-corrected chi connectivity index (χ3v) is 27.4. The average molecular weight is 1760 g/mol. The van der Waals surface area contributed by atoms with Crippen LogP contribution in [0, 0.1) is 33.6 Å². The third kappa shape index (κ3) is 21.1. The van der Waals surface area contributed by atoms with E-state index in [1.807, 2.05) is 30.0 Å². The zero-order chi connectivity index (χ0) is 91.2. The first-order valence-electron chi connectivity index (χ1n) is 46.1. The molecule has 0 radical (unpaired) electrons. The van der Waals surface area contributed by atoms with Gasteiger partial charge in [-0.1, -0.05) is 104 Å². The summed E-state index contributed by atoms with van der Waals surface area (Å²) in [5.41, 5.74) is 12.7. The number of piperazine rings is 3. The van der Waals surface area contributed by atoms with Crippen LogP contribution < -0.4 is 43.8 Å². The Bertz CT molecular complexity index is 5580. The van der Waals surface area contributed by atoms with E-state index in [2.05, 4.69) is 215 Å². The molecule has 0 aliphatic carbocycles. The summed E-state index contributed by atoms with van der Waals surface area (Å²) < 4.78 is 12.7. The van der Waals surface area contributed by atoms with Crippen molar-refractivity contribution in [3.05, 3.63) is 220 Å². The quantitative estimate of drug-likeness (QED) is 0.0405. The molecular formula is C100H126N24O6. The summed E-state index contributed by atoms with van der Waals surface area (Å²) in [4.78, 5) is 124. The van der Waals surface area contributed by atoms with Crippen LogP contribution in [0.3, 0.4) is 0 Å². The summed E-state index contributed by atoms with van der Waals surface area (Å²) in [6, 6.07) is 37.4. The van der Waals surface area contributed by atoms with Gasteiger partial charge in [0.1, 0.15) is 48.8 Å². The van der Waals surface area contributed by atoms with Crippen LogP contribution in [0.4, 0.5) is 40.5 Å². The Hall–Kier alpha value is -12.5. The Morgan fingerprint density at radius 1 is 0.469 bits per heavy atom. The zero-order valence-electron chi connectivity index (χ0n) is 77.2. The third-order valence-electron chi connectivity index (χ3n) is 27.4. The molecular weight excluding hydrogens is 1630 g/mol. The Balaban J connectivity index is 0.000000150. The Kier molecular flexibility index (Phi) is 30.0. The molecule has 4 amide bonds. The lowest BCUT2D eigenvalue weighted by atomic mass is 10.0. The first-order valence-corrected chi connectivity index (χ1v) is 46.1.